The van der Waals surface area contributed by atoms with Gasteiger partial charge in [0.25, 0.3) is 0 Å². The molecule has 16 N–H and O–H groups in total. The first-order chi connectivity index (χ1) is 18.4. The van der Waals surface area contributed by atoms with Crippen molar-refractivity contribution in [2.75, 3.05) is 19.7 Å². The monoisotopic (exact) mass is 569 g/mol. The van der Waals surface area contributed by atoms with Crippen LogP contribution in [-0.2, 0) is 23.7 Å². The van der Waals surface area contributed by atoms with Crippen molar-refractivity contribution in [2.24, 2.45) is 22.9 Å². The Balaban J connectivity index is 1.83. The summed E-state index contributed by atoms with van der Waals surface area (Å²) in [7, 11) is 0. The van der Waals surface area contributed by atoms with Crippen LogP contribution in [0.5, 0.6) is 0 Å². The molecule has 3 aliphatic rings. The number of carbonyl (C=O) groups excluding carboxylic acids is 1. The molecule has 3 rings (SSSR count). The summed E-state index contributed by atoms with van der Waals surface area (Å²) >= 11 is 0. The molecule has 0 radical (unpaired) electrons. The molecule has 3 fully saturated rings. The average molecular weight is 570 g/mol. The van der Waals surface area contributed by atoms with Crippen LogP contribution in [0.25, 0.3) is 0 Å². The van der Waals surface area contributed by atoms with Crippen LogP contribution in [0.4, 0.5) is 0 Å². The molecule has 1 aliphatic carbocycles. The highest BCUT2D eigenvalue weighted by Crippen LogP contribution is 2.32. The molecule has 1 amide bonds. The summed E-state index contributed by atoms with van der Waals surface area (Å²) in [5.74, 6) is -0.811. The number of rotatable bonds is 10. The fraction of sp³-hybridized carbons (Fsp3) is 0.955. The van der Waals surface area contributed by atoms with Crippen molar-refractivity contribution in [3.05, 3.63) is 0 Å². The second-order valence-electron chi connectivity index (χ2n) is 10.2. The highest BCUT2D eigenvalue weighted by Gasteiger charge is 2.51. The standard InChI is InChI=1S/C22H43N5O12/c23-2-1-9(29)20(35)27-8-3-7(25)18(38-21-11(31)4-10(30)12(5-24)36-21)17(34)19(8)39-22-16(33)14(26)15(32)13(6-28)37-22/h7-19,21-22,28-34H,1-6,23-26H2,(H,27,35)/t7-,8+,9-,10-,11+,12+,13+,14-,15+,16+,17-,18+,19-,21+,22+/m0/s1. The van der Waals surface area contributed by atoms with Gasteiger partial charge >= 0.3 is 0 Å². The van der Waals surface area contributed by atoms with Crippen molar-refractivity contribution >= 4 is 5.91 Å². The van der Waals surface area contributed by atoms with Gasteiger partial charge in [0.15, 0.2) is 12.6 Å². The first-order valence-electron chi connectivity index (χ1n) is 13.0. The van der Waals surface area contributed by atoms with Gasteiger partial charge in [0.2, 0.25) is 5.91 Å². The molecule has 17 nitrogen and oxygen atoms in total. The number of aliphatic hydroxyl groups excluding tert-OH is 7. The fourth-order valence-corrected chi connectivity index (χ4v) is 5.04. The quantitative estimate of drug-likeness (QED) is 0.116. The summed E-state index contributed by atoms with van der Waals surface area (Å²) in [6.45, 7) is -0.681. The molecule has 0 spiro atoms. The minimum absolute atomic E-state index is 0.0321. The third-order valence-corrected chi connectivity index (χ3v) is 7.38. The molecule has 2 saturated heterocycles. The van der Waals surface area contributed by atoms with E-state index in [4.69, 9.17) is 41.9 Å². The van der Waals surface area contributed by atoms with Crippen LogP contribution in [0.3, 0.4) is 0 Å². The Morgan fingerprint density at radius 3 is 2.15 bits per heavy atom. The second-order valence-corrected chi connectivity index (χ2v) is 10.2. The first-order valence-corrected chi connectivity index (χ1v) is 13.0. The lowest BCUT2D eigenvalue weighted by Crippen LogP contribution is -2.69. The molecule has 2 heterocycles. The highest BCUT2D eigenvalue weighted by atomic mass is 16.7. The second kappa shape index (κ2) is 14.2. The Labute approximate surface area is 224 Å². The number of hydrogen-bond donors (Lipinski definition) is 12. The van der Waals surface area contributed by atoms with E-state index < -0.39 is 104 Å². The van der Waals surface area contributed by atoms with Gasteiger partial charge in [0.05, 0.1) is 30.9 Å². The van der Waals surface area contributed by atoms with E-state index in [0.29, 0.717) is 0 Å². The van der Waals surface area contributed by atoms with E-state index in [1.165, 1.54) is 0 Å². The van der Waals surface area contributed by atoms with Crippen molar-refractivity contribution < 1.29 is 59.5 Å². The zero-order chi connectivity index (χ0) is 29.0. The van der Waals surface area contributed by atoms with Crippen LogP contribution in [0.1, 0.15) is 19.3 Å². The van der Waals surface area contributed by atoms with Gasteiger partial charge in [-0.2, -0.15) is 0 Å². The maximum atomic E-state index is 12.6. The molecular weight excluding hydrogens is 526 g/mol. The maximum Gasteiger partial charge on any atom is 0.249 e. The lowest BCUT2D eigenvalue weighted by Gasteiger charge is -2.48. The van der Waals surface area contributed by atoms with Gasteiger partial charge < -0.3 is 82.9 Å². The molecule has 0 bridgehead atoms. The Kier molecular flexibility index (Phi) is 11.8. The largest absolute Gasteiger partial charge is 0.394 e. The minimum Gasteiger partial charge on any atom is -0.394 e. The summed E-state index contributed by atoms with van der Waals surface area (Å²) in [5, 5.41) is 74.6. The average Bonchev–Trinajstić information content (AvgIpc) is 2.89. The summed E-state index contributed by atoms with van der Waals surface area (Å²) in [5.41, 5.74) is 23.2. The topological polar surface area (TPSA) is 312 Å². The zero-order valence-corrected chi connectivity index (χ0v) is 21.4. The number of hydrogen-bond acceptors (Lipinski definition) is 16. The maximum absolute atomic E-state index is 12.6. The SMILES string of the molecule is NCC[C@H](O)C(=O)N[C@@H]1C[C@H](N)[C@@H](O[C@H]2O[C@H](CN)[C@@H](O)C[C@H]2O)[C@H](O)[C@H]1O[C@H]1O[C@H](CO)[C@@H](O)[C@H](N)[C@H]1O. The molecular formula is C22H43N5O12. The zero-order valence-electron chi connectivity index (χ0n) is 21.4. The molecule has 0 aromatic rings. The number of aliphatic hydroxyl groups is 7. The van der Waals surface area contributed by atoms with Gasteiger partial charge in [-0.1, -0.05) is 0 Å². The lowest BCUT2D eigenvalue weighted by molar-refractivity contribution is -0.322. The van der Waals surface area contributed by atoms with Gasteiger partial charge in [-0.15, -0.1) is 0 Å². The van der Waals surface area contributed by atoms with E-state index in [1.54, 1.807) is 0 Å². The molecule has 0 aromatic heterocycles. The van der Waals surface area contributed by atoms with E-state index in [0.717, 1.165) is 0 Å². The van der Waals surface area contributed by atoms with Crippen LogP contribution in [0.2, 0.25) is 0 Å². The van der Waals surface area contributed by atoms with Crippen LogP contribution in [0, 0.1) is 0 Å². The number of carbonyl (C=O) groups is 1. The molecule has 0 aromatic carbocycles. The third kappa shape index (κ3) is 7.39. The Morgan fingerprint density at radius 1 is 0.897 bits per heavy atom. The van der Waals surface area contributed by atoms with Crippen molar-refractivity contribution in [3.63, 3.8) is 0 Å². The molecule has 228 valence electrons. The molecule has 2 aliphatic heterocycles. The highest BCUT2D eigenvalue weighted by molar-refractivity contribution is 5.80. The number of amides is 1. The molecule has 15 atom stereocenters. The first kappa shape index (κ1) is 32.4. The van der Waals surface area contributed by atoms with Crippen LogP contribution >= 0.6 is 0 Å². The molecule has 0 unspecified atom stereocenters. The Morgan fingerprint density at radius 2 is 1.54 bits per heavy atom. The molecule has 39 heavy (non-hydrogen) atoms. The van der Waals surface area contributed by atoms with Gasteiger partial charge in [-0.25, -0.2) is 0 Å². The Hall–Kier alpha value is -1.13. The minimum atomic E-state index is -1.63. The summed E-state index contributed by atoms with van der Waals surface area (Å²) < 4.78 is 22.7. The van der Waals surface area contributed by atoms with Crippen LogP contribution < -0.4 is 28.3 Å². The van der Waals surface area contributed by atoms with E-state index in [1.807, 2.05) is 0 Å². The van der Waals surface area contributed by atoms with E-state index in [-0.39, 0.29) is 32.4 Å². The number of ether oxygens (including phenoxy) is 4. The van der Waals surface area contributed by atoms with Crippen LogP contribution in [0.15, 0.2) is 0 Å². The van der Waals surface area contributed by atoms with Crippen molar-refractivity contribution in [1.29, 1.82) is 0 Å². The smallest absolute Gasteiger partial charge is 0.249 e. The molecule has 1 saturated carbocycles. The van der Waals surface area contributed by atoms with Crippen molar-refractivity contribution in [1.82, 2.24) is 5.32 Å². The van der Waals surface area contributed by atoms with E-state index >= 15 is 0 Å². The molecule has 17 heteroatoms. The normalized spacial score (nSPS) is 46.0. The fourth-order valence-electron chi connectivity index (χ4n) is 5.04. The predicted molar refractivity (Wildman–Crippen MR) is 130 cm³/mol. The third-order valence-electron chi connectivity index (χ3n) is 7.38. The number of nitrogens with two attached hydrogens (primary N) is 4. The summed E-state index contributed by atoms with van der Waals surface area (Å²) in [4.78, 5) is 12.6. The predicted octanol–water partition coefficient (Wildman–Crippen LogP) is -7.40. The van der Waals surface area contributed by atoms with Gasteiger partial charge in [0, 0.05) is 19.0 Å². The van der Waals surface area contributed by atoms with E-state index in [9.17, 15) is 40.5 Å². The van der Waals surface area contributed by atoms with Gasteiger partial charge in [-0.3, -0.25) is 4.79 Å². The van der Waals surface area contributed by atoms with Crippen molar-refractivity contribution in [2.45, 2.75) is 111 Å². The number of nitrogens with one attached hydrogen (secondary N) is 1. The van der Waals surface area contributed by atoms with Crippen molar-refractivity contribution in [3.8, 4) is 0 Å². The van der Waals surface area contributed by atoms with Gasteiger partial charge in [0.1, 0.15) is 48.8 Å². The lowest BCUT2D eigenvalue weighted by atomic mass is 9.83. The van der Waals surface area contributed by atoms with Gasteiger partial charge in [-0.05, 0) is 19.4 Å². The summed E-state index contributed by atoms with van der Waals surface area (Å²) in [6.07, 6.45) is -16.2. The summed E-state index contributed by atoms with van der Waals surface area (Å²) in [6, 6.07) is -3.28. The van der Waals surface area contributed by atoms with E-state index in [2.05, 4.69) is 5.32 Å². The Bertz CT molecular complexity index is 786. The van der Waals surface area contributed by atoms with Crippen LogP contribution in [-0.4, -0.2) is 153 Å².